The van der Waals surface area contributed by atoms with Crippen LogP contribution in [0.4, 0.5) is 10.1 Å². The summed E-state index contributed by atoms with van der Waals surface area (Å²) in [6.07, 6.45) is 3.07. The molecule has 4 atom stereocenters. The third-order valence-electron chi connectivity index (χ3n) is 6.54. The monoisotopic (exact) mass is 393 g/mol. The van der Waals surface area contributed by atoms with Gasteiger partial charge in [-0.05, 0) is 67.5 Å². The molecule has 3 aliphatic rings. The summed E-state index contributed by atoms with van der Waals surface area (Å²) in [5.41, 5.74) is 0.844. The lowest BCUT2D eigenvalue weighted by Crippen LogP contribution is -2.32. The van der Waals surface area contributed by atoms with Gasteiger partial charge in [0, 0.05) is 11.6 Å². The van der Waals surface area contributed by atoms with Crippen molar-refractivity contribution >= 4 is 23.3 Å². The fraction of sp³-hybridized carbons (Fsp3) is 0.348. The Bertz CT molecular complexity index is 974. The van der Waals surface area contributed by atoms with Crippen LogP contribution >= 0.6 is 0 Å². The number of imide groups is 1. The van der Waals surface area contributed by atoms with Crippen LogP contribution in [0.25, 0.3) is 0 Å². The SMILES string of the molecule is O=C(COc1cccc(N2C(=O)C3C4CCC(C4)C3C2=O)c1)c1ccc(F)cc1. The van der Waals surface area contributed by atoms with E-state index in [-0.39, 0.29) is 36.0 Å². The van der Waals surface area contributed by atoms with E-state index in [0.717, 1.165) is 19.3 Å². The molecule has 2 aliphatic carbocycles. The number of rotatable bonds is 5. The van der Waals surface area contributed by atoms with Crippen molar-refractivity contribution in [3.05, 3.63) is 59.9 Å². The van der Waals surface area contributed by atoms with Crippen LogP contribution < -0.4 is 9.64 Å². The van der Waals surface area contributed by atoms with Crippen LogP contribution in [0.2, 0.25) is 0 Å². The van der Waals surface area contributed by atoms with Crippen molar-refractivity contribution in [3.63, 3.8) is 0 Å². The Morgan fingerprint density at radius 1 is 1.00 bits per heavy atom. The first-order chi connectivity index (χ1) is 14.0. The number of carbonyl (C=O) groups excluding carboxylic acids is 3. The van der Waals surface area contributed by atoms with Crippen molar-refractivity contribution in [2.45, 2.75) is 19.3 Å². The molecule has 148 valence electrons. The van der Waals surface area contributed by atoms with Gasteiger partial charge in [-0.25, -0.2) is 9.29 Å². The number of hydrogen-bond acceptors (Lipinski definition) is 4. The van der Waals surface area contributed by atoms with E-state index in [1.807, 2.05) is 0 Å². The molecule has 0 N–H and O–H groups in total. The number of amides is 2. The lowest BCUT2D eigenvalue weighted by molar-refractivity contribution is -0.123. The van der Waals surface area contributed by atoms with Gasteiger partial charge < -0.3 is 4.74 Å². The smallest absolute Gasteiger partial charge is 0.237 e. The minimum absolute atomic E-state index is 0.105. The highest BCUT2D eigenvalue weighted by molar-refractivity contribution is 6.22. The minimum atomic E-state index is -0.409. The highest BCUT2D eigenvalue weighted by Gasteiger charge is 2.61. The van der Waals surface area contributed by atoms with E-state index in [0.29, 0.717) is 28.8 Å². The second kappa shape index (κ2) is 6.79. The maximum Gasteiger partial charge on any atom is 0.237 e. The average molecular weight is 393 g/mol. The number of carbonyl (C=O) groups is 3. The van der Waals surface area contributed by atoms with Gasteiger partial charge >= 0.3 is 0 Å². The molecule has 2 bridgehead atoms. The number of benzene rings is 2. The molecule has 2 amide bonds. The Morgan fingerprint density at radius 2 is 1.66 bits per heavy atom. The van der Waals surface area contributed by atoms with Gasteiger partial charge in [-0.1, -0.05) is 6.07 Å². The number of halogens is 1. The molecule has 0 aromatic heterocycles. The second-order valence-electron chi connectivity index (χ2n) is 8.11. The van der Waals surface area contributed by atoms with E-state index in [1.165, 1.54) is 29.2 Å². The van der Waals surface area contributed by atoms with E-state index in [9.17, 15) is 18.8 Å². The van der Waals surface area contributed by atoms with Gasteiger partial charge in [-0.15, -0.1) is 0 Å². The zero-order chi connectivity index (χ0) is 20.1. The summed E-state index contributed by atoms with van der Waals surface area (Å²) in [5.74, 6) is -0.185. The van der Waals surface area contributed by atoms with Crippen molar-refractivity contribution < 1.29 is 23.5 Å². The van der Waals surface area contributed by atoms with Crippen LogP contribution in [0.5, 0.6) is 5.75 Å². The average Bonchev–Trinajstić information content (AvgIpc) is 3.41. The number of fused-ring (bicyclic) bond motifs is 5. The molecular formula is C23H20FNO4. The fourth-order valence-corrected chi connectivity index (χ4v) is 5.24. The number of ether oxygens (including phenoxy) is 1. The first-order valence-corrected chi connectivity index (χ1v) is 9.92. The van der Waals surface area contributed by atoms with E-state index in [1.54, 1.807) is 24.3 Å². The van der Waals surface area contributed by atoms with Gasteiger partial charge in [0.1, 0.15) is 11.6 Å². The van der Waals surface area contributed by atoms with Crippen LogP contribution in [0.3, 0.4) is 0 Å². The first-order valence-electron chi connectivity index (χ1n) is 9.92. The summed E-state index contributed by atoms with van der Waals surface area (Å²) in [7, 11) is 0. The van der Waals surface area contributed by atoms with Crippen molar-refractivity contribution in [1.29, 1.82) is 0 Å². The van der Waals surface area contributed by atoms with Crippen molar-refractivity contribution in [3.8, 4) is 5.75 Å². The highest BCUT2D eigenvalue weighted by atomic mass is 19.1. The maximum atomic E-state index is 13.0. The summed E-state index contributed by atoms with van der Waals surface area (Å²) in [6.45, 7) is -0.216. The van der Waals surface area contributed by atoms with Crippen LogP contribution in [0.15, 0.2) is 48.5 Å². The molecule has 1 aliphatic heterocycles. The van der Waals surface area contributed by atoms with Crippen LogP contribution in [0.1, 0.15) is 29.6 Å². The molecule has 6 heteroatoms. The van der Waals surface area contributed by atoms with Gasteiger partial charge in [0.2, 0.25) is 11.8 Å². The molecule has 2 saturated carbocycles. The van der Waals surface area contributed by atoms with E-state index in [2.05, 4.69) is 0 Å². The number of ketones is 1. The fourth-order valence-electron chi connectivity index (χ4n) is 5.24. The summed E-state index contributed by atoms with van der Waals surface area (Å²) < 4.78 is 18.6. The maximum absolute atomic E-state index is 13.0. The van der Waals surface area contributed by atoms with Crippen molar-refractivity contribution in [2.75, 3.05) is 11.5 Å². The van der Waals surface area contributed by atoms with E-state index >= 15 is 0 Å². The van der Waals surface area contributed by atoms with Gasteiger partial charge in [-0.3, -0.25) is 14.4 Å². The minimum Gasteiger partial charge on any atom is -0.485 e. The summed E-state index contributed by atoms with van der Waals surface area (Å²) >= 11 is 0. The molecule has 2 aromatic carbocycles. The second-order valence-corrected chi connectivity index (χ2v) is 8.11. The molecule has 3 fully saturated rings. The predicted molar refractivity (Wildman–Crippen MR) is 103 cm³/mol. The zero-order valence-corrected chi connectivity index (χ0v) is 15.7. The van der Waals surface area contributed by atoms with Crippen molar-refractivity contribution in [2.24, 2.45) is 23.7 Å². The van der Waals surface area contributed by atoms with Gasteiger partial charge in [-0.2, -0.15) is 0 Å². The molecule has 2 aromatic rings. The van der Waals surface area contributed by atoms with E-state index < -0.39 is 5.82 Å². The Balaban J connectivity index is 1.31. The third-order valence-corrected chi connectivity index (χ3v) is 6.54. The molecular weight excluding hydrogens is 373 g/mol. The highest BCUT2D eigenvalue weighted by Crippen LogP contribution is 2.56. The normalized spacial score (nSPS) is 27.4. The van der Waals surface area contributed by atoms with Crippen LogP contribution in [-0.4, -0.2) is 24.2 Å². The molecule has 1 saturated heterocycles. The topological polar surface area (TPSA) is 63.7 Å². The summed E-state index contributed by atoms with van der Waals surface area (Å²) in [5, 5.41) is 0. The Hall–Kier alpha value is -3.02. The number of Topliss-reactive ketones (excluding diaryl/α,β-unsaturated/α-hetero) is 1. The van der Waals surface area contributed by atoms with Crippen LogP contribution in [-0.2, 0) is 9.59 Å². The quantitative estimate of drug-likeness (QED) is 0.575. The number of hydrogen-bond donors (Lipinski definition) is 0. The van der Waals surface area contributed by atoms with Gasteiger partial charge in [0.25, 0.3) is 0 Å². The summed E-state index contributed by atoms with van der Waals surface area (Å²) in [4.78, 5) is 39.4. The van der Waals surface area contributed by atoms with Gasteiger partial charge in [0.15, 0.2) is 12.4 Å². The first kappa shape index (κ1) is 18.0. The lowest BCUT2D eigenvalue weighted by atomic mass is 9.81. The van der Waals surface area contributed by atoms with Crippen LogP contribution in [0, 0.1) is 29.5 Å². The summed E-state index contributed by atoms with van der Waals surface area (Å²) in [6, 6.07) is 12.0. The standard InChI is InChI=1S/C23H20FNO4/c24-16-8-6-13(7-9-16)19(26)12-29-18-3-1-2-17(11-18)25-22(27)20-14-4-5-15(10-14)21(20)23(25)28/h1-3,6-9,11,14-15,20-21H,4-5,10,12H2. The molecule has 29 heavy (non-hydrogen) atoms. The number of anilines is 1. The molecule has 5 rings (SSSR count). The van der Waals surface area contributed by atoms with Crippen molar-refractivity contribution in [1.82, 2.24) is 0 Å². The third kappa shape index (κ3) is 2.94. The van der Waals surface area contributed by atoms with E-state index in [4.69, 9.17) is 4.74 Å². The predicted octanol–water partition coefficient (Wildman–Crippen LogP) is 3.62. The largest absolute Gasteiger partial charge is 0.485 e. The Labute approximate surface area is 167 Å². The van der Waals surface area contributed by atoms with Gasteiger partial charge in [0.05, 0.1) is 17.5 Å². The lowest BCUT2D eigenvalue weighted by Gasteiger charge is -2.19. The Morgan fingerprint density at radius 3 is 2.31 bits per heavy atom. The molecule has 1 heterocycles. The molecule has 5 nitrogen and oxygen atoms in total. The number of nitrogens with zero attached hydrogens (tertiary/aromatic N) is 1. The Kier molecular flexibility index (Phi) is 4.23. The molecule has 0 radical (unpaired) electrons. The molecule has 0 spiro atoms. The zero-order valence-electron chi connectivity index (χ0n) is 15.7. The molecule has 4 unspecified atom stereocenters.